The molecule has 0 bridgehead atoms. The van der Waals surface area contributed by atoms with Crippen molar-refractivity contribution in [2.45, 2.75) is 24.9 Å². The van der Waals surface area contributed by atoms with Crippen LogP contribution in [0.2, 0.25) is 0 Å². The Kier molecular flexibility index (Phi) is 3.84. The smallest absolute Gasteiger partial charge is 0.303 e. The monoisotopic (exact) mass is 202 g/mol. The van der Waals surface area contributed by atoms with Gasteiger partial charge in [-0.25, -0.2) is 0 Å². The third kappa shape index (κ3) is 3.31. The number of ether oxygens (including phenoxy) is 1. The van der Waals surface area contributed by atoms with E-state index in [9.17, 15) is 9.59 Å². The van der Waals surface area contributed by atoms with Gasteiger partial charge in [0, 0.05) is 6.42 Å². The zero-order valence-corrected chi connectivity index (χ0v) is 7.73. The molecule has 0 aromatic heterocycles. The molecule has 0 aromatic carbocycles. The van der Waals surface area contributed by atoms with Crippen molar-refractivity contribution in [3.05, 3.63) is 0 Å². The van der Waals surface area contributed by atoms with Gasteiger partial charge in [-0.3, -0.25) is 9.59 Å². The van der Waals surface area contributed by atoms with Crippen molar-refractivity contribution in [3.8, 4) is 0 Å². The van der Waals surface area contributed by atoms with Crippen LogP contribution in [0.4, 0.5) is 0 Å². The molecule has 1 heterocycles. The van der Waals surface area contributed by atoms with Crippen molar-refractivity contribution >= 4 is 11.9 Å². The molecule has 4 N–H and O–H groups in total. The second-order valence-electron chi connectivity index (χ2n) is 3.28. The fraction of sp³-hybridized carbons (Fsp3) is 0.750. The van der Waals surface area contributed by atoms with Crippen molar-refractivity contribution in [3.63, 3.8) is 0 Å². The lowest BCUT2D eigenvalue weighted by atomic mass is 10.1. The summed E-state index contributed by atoms with van der Waals surface area (Å²) in [5.74, 6) is -1.25. The van der Waals surface area contributed by atoms with Crippen LogP contribution in [-0.2, 0) is 14.3 Å². The normalized spacial score (nSPS) is 18.4. The Labute approximate surface area is 81.4 Å². The molecule has 6 nitrogen and oxygen atoms in total. The van der Waals surface area contributed by atoms with E-state index in [1.54, 1.807) is 0 Å². The summed E-state index contributed by atoms with van der Waals surface area (Å²) in [6.07, 6.45) is 0.0739. The number of aliphatic carboxylic acids is 1. The number of hydrogen-bond donors (Lipinski definition) is 3. The van der Waals surface area contributed by atoms with E-state index in [0.717, 1.165) is 0 Å². The first kappa shape index (κ1) is 10.9. The van der Waals surface area contributed by atoms with Gasteiger partial charge in [0.25, 0.3) is 0 Å². The summed E-state index contributed by atoms with van der Waals surface area (Å²) in [4.78, 5) is 21.5. The van der Waals surface area contributed by atoms with Gasteiger partial charge < -0.3 is 20.9 Å². The average Bonchev–Trinajstić information content (AvgIpc) is 2.06. The number of amides is 1. The minimum Gasteiger partial charge on any atom is -0.481 e. The molecule has 1 fully saturated rings. The van der Waals surface area contributed by atoms with Gasteiger partial charge in [0.15, 0.2) is 0 Å². The van der Waals surface area contributed by atoms with E-state index in [2.05, 4.69) is 5.32 Å². The highest BCUT2D eigenvalue weighted by atomic mass is 16.5. The fourth-order valence-corrected chi connectivity index (χ4v) is 1.04. The molecular formula is C8H14N2O4. The molecular weight excluding hydrogens is 188 g/mol. The first-order chi connectivity index (χ1) is 6.59. The molecule has 1 aliphatic rings. The van der Waals surface area contributed by atoms with Crippen LogP contribution in [0.5, 0.6) is 0 Å². The number of carboxylic acids is 1. The van der Waals surface area contributed by atoms with E-state index < -0.39 is 12.0 Å². The molecule has 14 heavy (non-hydrogen) atoms. The Morgan fingerprint density at radius 2 is 2.21 bits per heavy atom. The van der Waals surface area contributed by atoms with Crippen LogP contribution >= 0.6 is 0 Å². The van der Waals surface area contributed by atoms with Crippen LogP contribution in [0.25, 0.3) is 0 Å². The average molecular weight is 202 g/mol. The Hall–Kier alpha value is -1.14. The molecule has 0 aliphatic carbocycles. The number of carbonyl (C=O) groups excluding carboxylic acids is 1. The molecule has 1 saturated heterocycles. The molecule has 1 unspecified atom stereocenters. The van der Waals surface area contributed by atoms with E-state index in [0.29, 0.717) is 13.2 Å². The molecule has 1 aliphatic heterocycles. The molecule has 6 heteroatoms. The molecule has 1 amide bonds. The van der Waals surface area contributed by atoms with E-state index in [1.165, 1.54) is 0 Å². The predicted molar refractivity (Wildman–Crippen MR) is 47.6 cm³/mol. The Bertz CT molecular complexity index is 227. The van der Waals surface area contributed by atoms with Crippen LogP contribution in [0.3, 0.4) is 0 Å². The largest absolute Gasteiger partial charge is 0.481 e. The predicted octanol–water partition coefficient (Wildman–Crippen LogP) is -1.31. The minimum absolute atomic E-state index is 0.0402. The van der Waals surface area contributed by atoms with E-state index in [1.807, 2.05) is 0 Å². The van der Waals surface area contributed by atoms with Crippen molar-refractivity contribution < 1.29 is 19.4 Å². The summed E-state index contributed by atoms with van der Waals surface area (Å²) >= 11 is 0. The van der Waals surface area contributed by atoms with Crippen LogP contribution in [-0.4, -0.2) is 42.3 Å². The van der Waals surface area contributed by atoms with Gasteiger partial charge in [0.1, 0.15) is 0 Å². The SMILES string of the molecule is NC(CCC(=O)O)C(=O)NC1COC1. The summed E-state index contributed by atoms with van der Waals surface area (Å²) in [5.41, 5.74) is 5.48. The Balaban J connectivity index is 2.17. The zero-order chi connectivity index (χ0) is 10.6. The number of rotatable bonds is 5. The molecule has 80 valence electrons. The van der Waals surface area contributed by atoms with Crippen molar-refractivity contribution in [1.29, 1.82) is 0 Å². The Morgan fingerprint density at radius 1 is 1.57 bits per heavy atom. The minimum atomic E-state index is -0.944. The maximum Gasteiger partial charge on any atom is 0.303 e. The third-order valence-electron chi connectivity index (χ3n) is 1.99. The number of nitrogens with one attached hydrogen (secondary N) is 1. The highest BCUT2D eigenvalue weighted by Crippen LogP contribution is 2.01. The number of carbonyl (C=O) groups is 2. The first-order valence-electron chi connectivity index (χ1n) is 4.45. The maximum absolute atomic E-state index is 11.3. The standard InChI is InChI=1S/C8H14N2O4/c9-6(1-2-7(11)12)8(13)10-5-3-14-4-5/h5-6H,1-4,9H2,(H,10,13)(H,11,12). The zero-order valence-electron chi connectivity index (χ0n) is 7.73. The maximum atomic E-state index is 11.3. The lowest BCUT2D eigenvalue weighted by Crippen LogP contribution is -2.53. The lowest BCUT2D eigenvalue weighted by molar-refractivity contribution is -0.137. The highest BCUT2D eigenvalue weighted by molar-refractivity contribution is 5.82. The number of carboxylic acid groups (broad SMARTS) is 1. The van der Waals surface area contributed by atoms with Gasteiger partial charge in [-0.15, -0.1) is 0 Å². The summed E-state index contributed by atoms with van der Waals surface area (Å²) in [6.45, 7) is 1.02. The number of hydrogen-bond acceptors (Lipinski definition) is 4. The van der Waals surface area contributed by atoms with Crippen LogP contribution < -0.4 is 11.1 Å². The van der Waals surface area contributed by atoms with Crippen molar-refractivity contribution in [2.24, 2.45) is 5.73 Å². The van der Waals surface area contributed by atoms with Crippen LogP contribution in [0, 0.1) is 0 Å². The molecule has 0 saturated carbocycles. The number of nitrogens with two attached hydrogens (primary N) is 1. The van der Waals surface area contributed by atoms with Gasteiger partial charge in [-0.05, 0) is 6.42 Å². The van der Waals surface area contributed by atoms with Crippen LogP contribution in [0.15, 0.2) is 0 Å². The van der Waals surface area contributed by atoms with Gasteiger partial charge in [0.2, 0.25) is 5.91 Å². The molecule has 0 spiro atoms. The molecule has 1 atom stereocenters. The van der Waals surface area contributed by atoms with E-state index >= 15 is 0 Å². The van der Waals surface area contributed by atoms with Gasteiger partial charge in [0.05, 0.1) is 25.3 Å². The first-order valence-corrected chi connectivity index (χ1v) is 4.45. The van der Waals surface area contributed by atoms with Crippen molar-refractivity contribution in [2.75, 3.05) is 13.2 Å². The van der Waals surface area contributed by atoms with Crippen LogP contribution in [0.1, 0.15) is 12.8 Å². The second kappa shape index (κ2) is 4.92. The summed E-state index contributed by atoms with van der Waals surface area (Å²) in [5, 5.41) is 11.0. The summed E-state index contributed by atoms with van der Waals surface area (Å²) in [7, 11) is 0. The second-order valence-corrected chi connectivity index (χ2v) is 3.28. The van der Waals surface area contributed by atoms with Crippen molar-refractivity contribution in [1.82, 2.24) is 5.32 Å². The van der Waals surface area contributed by atoms with Gasteiger partial charge in [-0.1, -0.05) is 0 Å². The quantitative estimate of drug-likeness (QED) is 0.514. The Morgan fingerprint density at radius 3 is 2.64 bits per heavy atom. The summed E-state index contributed by atoms with van der Waals surface area (Å²) in [6, 6.07) is -0.704. The molecule has 1 rings (SSSR count). The van der Waals surface area contributed by atoms with E-state index in [4.69, 9.17) is 15.6 Å². The summed E-state index contributed by atoms with van der Waals surface area (Å²) < 4.78 is 4.86. The van der Waals surface area contributed by atoms with E-state index in [-0.39, 0.29) is 24.8 Å². The van der Waals surface area contributed by atoms with Gasteiger partial charge in [-0.2, -0.15) is 0 Å². The fourth-order valence-electron chi connectivity index (χ4n) is 1.04. The third-order valence-corrected chi connectivity index (χ3v) is 1.99. The molecule has 0 radical (unpaired) electrons. The topological polar surface area (TPSA) is 102 Å². The lowest BCUT2D eigenvalue weighted by Gasteiger charge is -2.27. The molecule has 0 aromatic rings. The highest BCUT2D eigenvalue weighted by Gasteiger charge is 2.23. The van der Waals surface area contributed by atoms with Gasteiger partial charge >= 0.3 is 5.97 Å².